The minimum Gasteiger partial charge on any atom is -0.486 e. The Kier molecular flexibility index (Phi) is 5.23. The van der Waals surface area contributed by atoms with Crippen molar-refractivity contribution >= 4 is 11.5 Å². The van der Waals surface area contributed by atoms with E-state index in [0.29, 0.717) is 18.9 Å². The summed E-state index contributed by atoms with van der Waals surface area (Å²) in [6.45, 7) is 8.78. The predicted octanol–water partition coefficient (Wildman–Crippen LogP) is 2.85. The molecule has 2 N–H and O–H groups in total. The molecule has 0 spiro atoms. The van der Waals surface area contributed by atoms with Crippen molar-refractivity contribution in [1.82, 2.24) is 0 Å². The number of ether oxygens (including phenoxy) is 1. The largest absolute Gasteiger partial charge is 0.486 e. The molecule has 4 heteroatoms. The van der Waals surface area contributed by atoms with Crippen molar-refractivity contribution in [2.75, 3.05) is 24.5 Å². The van der Waals surface area contributed by atoms with E-state index in [1.54, 1.807) is 0 Å². The zero-order valence-electron chi connectivity index (χ0n) is 13.3. The van der Waals surface area contributed by atoms with Crippen molar-refractivity contribution < 1.29 is 9.53 Å². The molecule has 0 saturated heterocycles. The molecule has 1 aliphatic rings. The van der Waals surface area contributed by atoms with Gasteiger partial charge in [-0.2, -0.15) is 0 Å². The molecule has 2 rings (SSSR count). The SMILES string of the molecule is CCCN1CC(C(C)C)Oc2ccc(C(=O)CCN)cc21. The van der Waals surface area contributed by atoms with Gasteiger partial charge in [0.15, 0.2) is 5.78 Å². The topological polar surface area (TPSA) is 55.6 Å². The van der Waals surface area contributed by atoms with Crippen molar-refractivity contribution in [2.24, 2.45) is 11.7 Å². The van der Waals surface area contributed by atoms with Gasteiger partial charge in [0.25, 0.3) is 0 Å². The van der Waals surface area contributed by atoms with E-state index in [0.717, 1.165) is 36.5 Å². The lowest BCUT2D eigenvalue weighted by Crippen LogP contribution is -2.43. The number of fused-ring (bicyclic) bond motifs is 1. The Morgan fingerprint density at radius 1 is 1.48 bits per heavy atom. The number of nitrogens with zero attached hydrogens (tertiary/aromatic N) is 1. The fraction of sp³-hybridized carbons (Fsp3) is 0.588. The molecule has 116 valence electrons. The summed E-state index contributed by atoms with van der Waals surface area (Å²) in [5.41, 5.74) is 7.24. The first-order chi connectivity index (χ1) is 10.1. The highest BCUT2D eigenvalue weighted by Gasteiger charge is 2.28. The van der Waals surface area contributed by atoms with E-state index < -0.39 is 0 Å². The maximum atomic E-state index is 12.0. The highest BCUT2D eigenvalue weighted by molar-refractivity contribution is 5.97. The first-order valence-electron chi connectivity index (χ1n) is 7.85. The number of benzene rings is 1. The molecule has 1 aromatic rings. The number of carbonyl (C=O) groups is 1. The zero-order valence-corrected chi connectivity index (χ0v) is 13.3. The molecule has 4 nitrogen and oxygen atoms in total. The van der Waals surface area contributed by atoms with Gasteiger partial charge in [0.1, 0.15) is 11.9 Å². The van der Waals surface area contributed by atoms with Gasteiger partial charge in [-0.3, -0.25) is 4.79 Å². The second-order valence-corrected chi connectivity index (χ2v) is 5.99. The lowest BCUT2D eigenvalue weighted by atomic mass is 10.0. The maximum absolute atomic E-state index is 12.0. The van der Waals surface area contributed by atoms with E-state index >= 15 is 0 Å². The summed E-state index contributed by atoms with van der Waals surface area (Å²) in [5.74, 6) is 1.46. The molecule has 21 heavy (non-hydrogen) atoms. The second kappa shape index (κ2) is 6.94. The number of nitrogens with two attached hydrogens (primary N) is 1. The van der Waals surface area contributed by atoms with Gasteiger partial charge in [-0.25, -0.2) is 0 Å². The molecule has 1 aliphatic heterocycles. The normalized spacial score (nSPS) is 17.6. The Labute approximate surface area is 127 Å². The number of rotatable bonds is 6. The van der Waals surface area contributed by atoms with Crippen LogP contribution in [0.25, 0.3) is 0 Å². The molecule has 0 saturated carbocycles. The van der Waals surface area contributed by atoms with Gasteiger partial charge in [0, 0.05) is 18.5 Å². The van der Waals surface area contributed by atoms with Gasteiger partial charge in [-0.05, 0) is 37.1 Å². The molecule has 1 unspecified atom stereocenters. The van der Waals surface area contributed by atoms with Crippen LogP contribution in [0, 0.1) is 5.92 Å². The third-order valence-corrected chi connectivity index (χ3v) is 3.91. The maximum Gasteiger partial charge on any atom is 0.164 e. The van der Waals surface area contributed by atoms with Crippen LogP contribution in [0.4, 0.5) is 5.69 Å². The van der Waals surface area contributed by atoms with Gasteiger partial charge in [0.05, 0.1) is 12.2 Å². The van der Waals surface area contributed by atoms with E-state index in [2.05, 4.69) is 25.7 Å². The van der Waals surface area contributed by atoms with Crippen LogP contribution in [-0.4, -0.2) is 31.5 Å². The summed E-state index contributed by atoms with van der Waals surface area (Å²) in [6.07, 6.45) is 1.67. The molecule has 0 radical (unpaired) electrons. The van der Waals surface area contributed by atoms with Gasteiger partial charge in [-0.15, -0.1) is 0 Å². The van der Waals surface area contributed by atoms with Gasteiger partial charge >= 0.3 is 0 Å². The molecular weight excluding hydrogens is 264 g/mol. The first kappa shape index (κ1) is 15.8. The van der Waals surface area contributed by atoms with Gasteiger partial charge in [-0.1, -0.05) is 20.8 Å². The van der Waals surface area contributed by atoms with E-state index in [1.165, 1.54) is 0 Å². The van der Waals surface area contributed by atoms with Crippen LogP contribution in [0.15, 0.2) is 18.2 Å². The van der Waals surface area contributed by atoms with Crippen molar-refractivity contribution in [3.8, 4) is 5.75 Å². The van der Waals surface area contributed by atoms with Gasteiger partial charge < -0.3 is 15.4 Å². The third-order valence-electron chi connectivity index (χ3n) is 3.91. The molecule has 0 amide bonds. The van der Waals surface area contributed by atoms with E-state index in [1.807, 2.05) is 18.2 Å². The molecule has 1 heterocycles. The van der Waals surface area contributed by atoms with Crippen LogP contribution in [0.3, 0.4) is 0 Å². The summed E-state index contributed by atoms with van der Waals surface area (Å²) in [4.78, 5) is 14.4. The smallest absolute Gasteiger partial charge is 0.164 e. The van der Waals surface area contributed by atoms with Crippen LogP contribution in [0.5, 0.6) is 5.75 Å². The summed E-state index contributed by atoms with van der Waals surface area (Å²) in [5, 5.41) is 0. The Balaban J connectivity index is 2.31. The monoisotopic (exact) mass is 290 g/mol. The van der Waals surface area contributed by atoms with E-state index in [-0.39, 0.29) is 11.9 Å². The number of carbonyl (C=O) groups excluding carboxylic acids is 1. The molecule has 1 aromatic carbocycles. The zero-order chi connectivity index (χ0) is 15.4. The molecule has 1 atom stereocenters. The van der Waals surface area contributed by atoms with Crippen LogP contribution < -0.4 is 15.4 Å². The summed E-state index contributed by atoms with van der Waals surface area (Å²) >= 11 is 0. The first-order valence-corrected chi connectivity index (χ1v) is 7.85. The lowest BCUT2D eigenvalue weighted by Gasteiger charge is -2.38. The number of anilines is 1. The predicted molar refractivity (Wildman–Crippen MR) is 86.2 cm³/mol. The molecule has 0 fully saturated rings. The van der Waals surface area contributed by atoms with Crippen LogP contribution >= 0.6 is 0 Å². The summed E-state index contributed by atoms with van der Waals surface area (Å²) < 4.78 is 6.09. The Morgan fingerprint density at radius 3 is 2.86 bits per heavy atom. The van der Waals surface area contributed by atoms with E-state index in [4.69, 9.17) is 10.5 Å². The standard InChI is InChI=1S/C17H26N2O2/c1-4-9-19-11-17(12(2)3)21-16-6-5-13(10-14(16)19)15(20)7-8-18/h5-6,10,12,17H,4,7-9,11,18H2,1-3H3. The molecule has 0 aromatic heterocycles. The molecule has 0 bridgehead atoms. The summed E-state index contributed by atoms with van der Waals surface area (Å²) in [6, 6.07) is 5.74. The van der Waals surface area contributed by atoms with Crippen molar-refractivity contribution in [3.05, 3.63) is 23.8 Å². The highest BCUT2D eigenvalue weighted by Crippen LogP contribution is 2.36. The Morgan fingerprint density at radius 2 is 2.24 bits per heavy atom. The van der Waals surface area contributed by atoms with Gasteiger partial charge in [0.2, 0.25) is 0 Å². The van der Waals surface area contributed by atoms with Crippen molar-refractivity contribution in [1.29, 1.82) is 0 Å². The fourth-order valence-corrected chi connectivity index (χ4v) is 2.66. The minimum absolute atomic E-state index is 0.0998. The average Bonchev–Trinajstić information content (AvgIpc) is 2.47. The van der Waals surface area contributed by atoms with Crippen LogP contribution in [0.2, 0.25) is 0 Å². The van der Waals surface area contributed by atoms with Crippen LogP contribution in [-0.2, 0) is 0 Å². The van der Waals surface area contributed by atoms with Crippen molar-refractivity contribution in [3.63, 3.8) is 0 Å². The second-order valence-electron chi connectivity index (χ2n) is 5.99. The van der Waals surface area contributed by atoms with Crippen LogP contribution in [0.1, 0.15) is 44.0 Å². The number of Topliss-reactive ketones (excluding diaryl/α,β-unsaturated/α-hetero) is 1. The minimum atomic E-state index is 0.0998. The quantitative estimate of drug-likeness (QED) is 0.819. The number of hydrogen-bond donors (Lipinski definition) is 1. The van der Waals surface area contributed by atoms with Crippen molar-refractivity contribution in [2.45, 2.75) is 39.7 Å². The number of hydrogen-bond acceptors (Lipinski definition) is 4. The summed E-state index contributed by atoms with van der Waals surface area (Å²) in [7, 11) is 0. The molecular formula is C17H26N2O2. The molecule has 0 aliphatic carbocycles. The fourth-order valence-electron chi connectivity index (χ4n) is 2.66. The lowest BCUT2D eigenvalue weighted by molar-refractivity contribution is 0.0985. The Hall–Kier alpha value is -1.55. The average molecular weight is 290 g/mol. The van der Waals surface area contributed by atoms with E-state index in [9.17, 15) is 4.79 Å². The highest BCUT2D eigenvalue weighted by atomic mass is 16.5. The Bertz CT molecular complexity index is 500. The third kappa shape index (κ3) is 3.56. The number of ketones is 1.